The number of rotatable bonds is 4. The van der Waals surface area contributed by atoms with Crippen LogP contribution in [0.25, 0.3) is 0 Å². The molecule has 20 heavy (non-hydrogen) atoms. The van der Waals surface area contributed by atoms with Gasteiger partial charge in [0.2, 0.25) is 10.0 Å². The van der Waals surface area contributed by atoms with E-state index >= 15 is 0 Å². The van der Waals surface area contributed by atoms with Gasteiger partial charge in [-0.1, -0.05) is 0 Å². The van der Waals surface area contributed by atoms with Gasteiger partial charge in [-0.25, -0.2) is 13.4 Å². The zero-order valence-electron chi connectivity index (χ0n) is 12.0. The topological polar surface area (TPSA) is 65.5 Å². The molecule has 1 saturated heterocycles. The molecule has 0 bridgehead atoms. The molecule has 7 heteroatoms. The van der Waals surface area contributed by atoms with E-state index in [1.54, 1.807) is 22.6 Å². The van der Waals surface area contributed by atoms with Gasteiger partial charge in [0.15, 0.2) is 0 Å². The summed E-state index contributed by atoms with van der Waals surface area (Å²) in [7, 11) is -1.46. The molecule has 1 fully saturated rings. The summed E-state index contributed by atoms with van der Waals surface area (Å²) in [6, 6.07) is 3.28. The molecule has 1 aliphatic rings. The smallest absolute Gasteiger partial charge is 0.246 e. The van der Waals surface area contributed by atoms with Crippen molar-refractivity contribution in [2.24, 2.45) is 0 Å². The summed E-state index contributed by atoms with van der Waals surface area (Å²) in [6.07, 6.45) is 2.46. The summed E-state index contributed by atoms with van der Waals surface area (Å²) in [4.78, 5) is 6.57. The predicted molar refractivity (Wildman–Crippen MR) is 79.3 cm³/mol. The zero-order chi connectivity index (χ0) is 14.6. The van der Waals surface area contributed by atoms with Crippen LogP contribution in [0.1, 0.15) is 13.3 Å². The standard InChI is InChI=1S/C13H22N4O2S/c1-3-14-13-12(6-4-7-15-13)20(18,19)17-9-5-8-16(2)10-11-17/h4,6-7H,3,5,8-11H2,1-2H3,(H,14,15). The lowest BCUT2D eigenvalue weighted by Gasteiger charge is -2.21. The average molecular weight is 298 g/mol. The lowest BCUT2D eigenvalue weighted by Crippen LogP contribution is -2.35. The van der Waals surface area contributed by atoms with Gasteiger partial charge in [-0.05, 0) is 39.1 Å². The van der Waals surface area contributed by atoms with Crippen molar-refractivity contribution in [1.29, 1.82) is 0 Å². The zero-order valence-corrected chi connectivity index (χ0v) is 12.9. The Morgan fingerprint density at radius 2 is 2.10 bits per heavy atom. The van der Waals surface area contributed by atoms with E-state index in [0.29, 0.717) is 25.5 Å². The number of nitrogens with one attached hydrogen (secondary N) is 1. The minimum atomic E-state index is -3.48. The molecule has 1 aromatic rings. The van der Waals surface area contributed by atoms with Crippen molar-refractivity contribution < 1.29 is 8.42 Å². The van der Waals surface area contributed by atoms with Crippen LogP contribution in [-0.4, -0.2) is 62.4 Å². The Balaban J connectivity index is 2.30. The molecular weight excluding hydrogens is 276 g/mol. The molecule has 0 atom stereocenters. The van der Waals surface area contributed by atoms with Gasteiger partial charge >= 0.3 is 0 Å². The third kappa shape index (κ3) is 3.28. The maximum atomic E-state index is 12.8. The molecule has 2 heterocycles. The van der Waals surface area contributed by atoms with Gasteiger partial charge in [0, 0.05) is 32.4 Å². The summed E-state index contributed by atoms with van der Waals surface area (Å²) < 4.78 is 27.1. The minimum Gasteiger partial charge on any atom is -0.369 e. The van der Waals surface area contributed by atoms with Crippen LogP contribution >= 0.6 is 0 Å². The molecule has 0 saturated carbocycles. The van der Waals surface area contributed by atoms with Crippen LogP contribution in [0.15, 0.2) is 23.2 Å². The Labute approximate surface area is 120 Å². The molecule has 0 unspecified atom stereocenters. The molecule has 1 aliphatic heterocycles. The lowest BCUT2D eigenvalue weighted by molar-refractivity contribution is 0.347. The molecule has 0 amide bonds. The maximum Gasteiger partial charge on any atom is 0.246 e. The van der Waals surface area contributed by atoms with Crippen molar-refractivity contribution in [3.05, 3.63) is 18.3 Å². The summed E-state index contributed by atoms with van der Waals surface area (Å²) in [5.41, 5.74) is 0. The SMILES string of the molecule is CCNc1ncccc1S(=O)(=O)N1CCCN(C)CC1. The molecule has 0 radical (unpaired) electrons. The van der Waals surface area contributed by atoms with Crippen LogP contribution in [-0.2, 0) is 10.0 Å². The van der Waals surface area contributed by atoms with Crippen molar-refractivity contribution in [2.75, 3.05) is 45.1 Å². The lowest BCUT2D eigenvalue weighted by atomic mass is 10.4. The fraction of sp³-hybridized carbons (Fsp3) is 0.615. The second kappa shape index (κ2) is 6.51. The molecule has 0 aliphatic carbocycles. The number of aromatic nitrogens is 1. The number of hydrogen-bond donors (Lipinski definition) is 1. The number of sulfonamides is 1. The number of anilines is 1. The van der Waals surface area contributed by atoms with E-state index in [1.165, 1.54) is 0 Å². The third-order valence-corrected chi connectivity index (χ3v) is 5.34. The predicted octanol–water partition coefficient (Wildman–Crippen LogP) is 0.840. The summed E-state index contributed by atoms with van der Waals surface area (Å²) in [6.45, 7) is 5.34. The van der Waals surface area contributed by atoms with Crippen LogP contribution in [0.2, 0.25) is 0 Å². The molecule has 6 nitrogen and oxygen atoms in total. The molecule has 112 valence electrons. The molecule has 0 spiro atoms. The van der Waals surface area contributed by atoms with E-state index in [-0.39, 0.29) is 4.90 Å². The van der Waals surface area contributed by atoms with Gasteiger partial charge in [0.05, 0.1) is 0 Å². The van der Waals surface area contributed by atoms with E-state index in [1.807, 2.05) is 14.0 Å². The highest BCUT2D eigenvalue weighted by Crippen LogP contribution is 2.23. The first-order valence-corrected chi connectivity index (χ1v) is 8.37. The Morgan fingerprint density at radius 3 is 2.85 bits per heavy atom. The minimum absolute atomic E-state index is 0.270. The molecule has 1 N–H and O–H groups in total. The van der Waals surface area contributed by atoms with Gasteiger partial charge in [0.25, 0.3) is 0 Å². The second-order valence-electron chi connectivity index (χ2n) is 4.94. The van der Waals surface area contributed by atoms with Gasteiger partial charge in [-0.15, -0.1) is 0 Å². The largest absolute Gasteiger partial charge is 0.369 e. The average Bonchev–Trinajstić information content (AvgIpc) is 2.65. The normalized spacial score (nSPS) is 18.7. The highest BCUT2D eigenvalue weighted by Gasteiger charge is 2.28. The highest BCUT2D eigenvalue weighted by molar-refractivity contribution is 7.89. The third-order valence-electron chi connectivity index (χ3n) is 3.41. The Kier molecular flexibility index (Phi) is 4.95. The summed E-state index contributed by atoms with van der Waals surface area (Å²) in [5.74, 6) is 0.438. The van der Waals surface area contributed by atoms with Gasteiger partial charge in [0.1, 0.15) is 10.7 Å². The van der Waals surface area contributed by atoms with Gasteiger partial charge in [-0.2, -0.15) is 4.31 Å². The van der Waals surface area contributed by atoms with E-state index < -0.39 is 10.0 Å². The number of pyridine rings is 1. The van der Waals surface area contributed by atoms with Crippen LogP contribution in [0.4, 0.5) is 5.82 Å². The maximum absolute atomic E-state index is 12.8. The molecule has 1 aromatic heterocycles. The molecule has 0 aromatic carbocycles. The van der Waals surface area contributed by atoms with Crippen molar-refractivity contribution in [2.45, 2.75) is 18.2 Å². The van der Waals surface area contributed by atoms with Gasteiger partial charge in [-0.3, -0.25) is 0 Å². The number of hydrogen-bond acceptors (Lipinski definition) is 5. The first-order valence-electron chi connectivity index (χ1n) is 6.93. The van der Waals surface area contributed by atoms with Crippen molar-refractivity contribution in [3.63, 3.8) is 0 Å². The van der Waals surface area contributed by atoms with Crippen LogP contribution < -0.4 is 5.32 Å². The van der Waals surface area contributed by atoms with Crippen molar-refractivity contribution in [1.82, 2.24) is 14.2 Å². The first kappa shape index (κ1) is 15.2. The second-order valence-corrected chi connectivity index (χ2v) is 6.85. The van der Waals surface area contributed by atoms with Gasteiger partial charge < -0.3 is 10.2 Å². The van der Waals surface area contributed by atoms with E-state index in [0.717, 1.165) is 19.5 Å². The van der Waals surface area contributed by atoms with Crippen LogP contribution in [0, 0.1) is 0 Å². The molecule has 2 rings (SSSR count). The van der Waals surface area contributed by atoms with Crippen LogP contribution in [0.5, 0.6) is 0 Å². The van der Waals surface area contributed by atoms with Crippen LogP contribution in [0.3, 0.4) is 0 Å². The van der Waals surface area contributed by atoms with Crippen molar-refractivity contribution in [3.8, 4) is 0 Å². The Hall–Kier alpha value is -1.18. The fourth-order valence-electron chi connectivity index (χ4n) is 2.30. The monoisotopic (exact) mass is 298 g/mol. The quantitative estimate of drug-likeness (QED) is 0.892. The fourth-order valence-corrected chi connectivity index (χ4v) is 3.89. The first-order chi connectivity index (χ1) is 9.55. The van der Waals surface area contributed by atoms with E-state index in [4.69, 9.17) is 0 Å². The van der Waals surface area contributed by atoms with Crippen molar-refractivity contribution >= 4 is 15.8 Å². The summed E-state index contributed by atoms with van der Waals surface area (Å²) in [5, 5.41) is 3.02. The number of likely N-dealkylation sites (N-methyl/N-ethyl adjacent to an activating group) is 1. The summed E-state index contributed by atoms with van der Waals surface area (Å²) >= 11 is 0. The van der Waals surface area contributed by atoms with E-state index in [2.05, 4.69) is 15.2 Å². The number of nitrogens with zero attached hydrogens (tertiary/aromatic N) is 3. The Morgan fingerprint density at radius 1 is 1.30 bits per heavy atom. The highest BCUT2D eigenvalue weighted by atomic mass is 32.2. The van der Waals surface area contributed by atoms with E-state index in [9.17, 15) is 8.42 Å². The molecular formula is C13H22N4O2S. The Bertz CT molecular complexity index is 547.